The van der Waals surface area contributed by atoms with Gasteiger partial charge < -0.3 is 16.0 Å². The topological polar surface area (TPSA) is 70.2 Å². The van der Waals surface area contributed by atoms with Gasteiger partial charge in [-0.1, -0.05) is 0 Å². The van der Waals surface area contributed by atoms with E-state index in [9.17, 15) is 9.59 Å². The molecule has 1 aliphatic rings. The van der Waals surface area contributed by atoms with Crippen LogP contribution >= 0.6 is 12.4 Å². The van der Waals surface area contributed by atoms with E-state index in [1.54, 1.807) is 0 Å². The first-order chi connectivity index (χ1) is 8.38. The number of carbonyl (C=O) groups is 2. The van der Waals surface area contributed by atoms with Crippen LogP contribution < -0.4 is 16.0 Å². The zero-order valence-electron chi connectivity index (χ0n) is 12.0. The fourth-order valence-corrected chi connectivity index (χ4v) is 2.00. The van der Waals surface area contributed by atoms with Crippen LogP contribution in [0.1, 0.15) is 40.0 Å². The molecule has 0 aromatic carbocycles. The van der Waals surface area contributed by atoms with Crippen LogP contribution in [0.25, 0.3) is 0 Å². The van der Waals surface area contributed by atoms with E-state index in [0.29, 0.717) is 13.0 Å². The quantitative estimate of drug-likeness (QED) is 0.718. The lowest BCUT2D eigenvalue weighted by Gasteiger charge is -2.22. The molecule has 0 saturated carbocycles. The van der Waals surface area contributed by atoms with Crippen LogP contribution in [0, 0.1) is 5.92 Å². The molecule has 1 saturated heterocycles. The van der Waals surface area contributed by atoms with Gasteiger partial charge in [0.05, 0.1) is 5.92 Å². The van der Waals surface area contributed by atoms with Gasteiger partial charge in [-0.05, 0) is 40.2 Å². The summed E-state index contributed by atoms with van der Waals surface area (Å²) in [4.78, 5) is 23.3. The van der Waals surface area contributed by atoms with Crippen molar-refractivity contribution < 1.29 is 9.59 Å². The monoisotopic (exact) mass is 291 g/mol. The molecule has 0 radical (unpaired) electrons. The van der Waals surface area contributed by atoms with Crippen LogP contribution in [0.15, 0.2) is 0 Å². The van der Waals surface area contributed by atoms with Crippen LogP contribution in [-0.2, 0) is 9.59 Å². The highest BCUT2D eigenvalue weighted by Crippen LogP contribution is 2.09. The summed E-state index contributed by atoms with van der Waals surface area (Å²) in [6.07, 6.45) is 2.32. The zero-order valence-corrected chi connectivity index (χ0v) is 12.9. The number of amides is 2. The average molecular weight is 292 g/mol. The van der Waals surface area contributed by atoms with Crippen molar-refractivity contribution in [3.8, 4) is 0 Å². The Kier molecular flexibility index (Phi) is 8.02. The second-order valence-corrected chi connectivity index (χ2v) is 5.88. The summed E-state index contributed by atoms with van der Waals surface area (Å²) in [5.41, 5.74) is -0.214. The molecule has 0 bridgehead atoms. The van der Waals surface area contributed by atoms with Gasteiger partial charge in [0.1, 0.15) is 0 Å². The number of piperidine rings is 1. The van der Waals surface area contributed by atoms with E-state index < -0.39 is 0 Å². The van der Waals surface area contributed by atoms with E-state index in [0.717, 1.165) is 25.9 Å². The van der Waals surface area contributed by atoms with Gasteiger partial charge in [-0.2, -0.15) is 0 Å². The van der Waals surface area contributed by atoms with Crippen molar-refractivity contribution in [2.45, 2.75) is 45.6 Å². The molecule has 1 atom stereocenters. The van der Waals surface area contributed by atoms with Gasteiger partial charge >= 0.3 is 0 Å². The van der Waals surface area contributed by atoms with Gasteiger partial charge in [0.15, 0.2) is 0 Å². The molecule has 1 heterocycles. The third kappa shape index (κ3) is 8.06. The summed E-state index contributed by atoms with van der Waals surface area (Å²) < 4.78 is 0. The van der Waals surface area contributed by atoms with Gasteiger partial charge in [0, 0.05) is 25.0 Å². The summed E-state index contributed by atoms with van der Waals surface area (Å²) in [5.74, 6) is 0.0970. The summed E-state index contributed by atoms with van der Waals surface area (Å²) in [7, 11) is 0. The molecule has 112 valence electrons. The molecule has 19 heavy (non-hydrogen) atoms. The zero-order chi connectivity index (χ0) is 13.6. The highest BCUT2D eigenvalue weighted by Gasteiger charge is 2.20. The highest BCUT2D eigenvalue weighted by atomic mass is 35.5. The molecule has 3 N–H and O–H groups in total. The molecular weight excluding hydrogens is 266 g/mol. The lowest BCUT2D eigenvalue weighted by molar-refractivity contribution is -0.125. The Labute approximate surface area is 121 Å². The standard InChI is InChI=1S/C13H25N3O2.ClH/c1-13(2,3)16-11(17)6-8-15-12(18)10-5-4-7-14-9-10;/h10,14H,4-9H2,1-3H3,(H,15,18)(H,16,17);1H/t10-;/m1./s1. The maximum atomic E-state index is 11.8. The van der Waals surface area contributed by atoms with Crippen molar-refractivity contribution in [1.82, 2.24) is 16.0 Å². The van der Waals surface area contributed by atoms with Gasteiger partial charge in [-0.25, -0.2) is 0 Å². The average Bonchev–Trinajstić information content (AvgIpc) is 2.27. The summed E-state index contributed by atoms with van der Waals surface area (Å²) in [6, 6.07) is 0. The van der Waals surface area contributed by atoms with E-state index in [1.807, 2.05) is 20.8 Å². The summed E-state index contributed by atoms with van der Waals surface area (Å²) in [5, 5.41) is 8.90. The van der Waals surface area contributed by atoms with Crippen molar-refractivity contribution in [1.29, 1.82) is 0 Å². The SMILES string of the molecule is CC(C)(C)NC(=O)CCNC(=O)[C@@H]1CCCNC1.Cl. The van der Waals surface area contributed by atoms with Crippen molar-refractivity contribution in [3.05, 3.63) is 0 Å². The van der Waals surface area contributed by atoms with Crippen LogP contribution in [-0.4, -0.2) is 37.0 Å². The third-order valence-corrected chi connectivity index (χ3v) is 2.83. The lowest BCUT2D eigenvalue weighted by atomic mass is 9.99. The first-order valence-electron chi connectivity index (χ1n) is 6.68. The Balaban J connectivity index is 0.00000324. The van der Waals surface area contributed by atoms with Gasteiger partial charge in [0.25, 0.3) is 0 Å². The van der Waals surface area contributed by atoms with Crippen LogP contribution in [0.3, 0.4) is 0 Å². The molecule has 0 unspecified atom stereocenters. The fraction of sp³-hybridized carbons (Fsp3) is 0.846. The van der Waals surface area contributed by atoms with E-state index in [4.69, 9.17) is 0 Å². The number of rotatable bonds is 4. The minimum Gasteiger partial charge on any atom is -0.355 e. The highest BCUT2D eigenvalue weighted by molar-refractivity contribution is 5.85. The van der Waals surface area contributed by atoms with E-state index in [1.165, 1.54) is 0 Å². The number of hydrogen-bond donors (Lipinski definition) is 3. The summed E-state index contributed by atoms with van der Waals surface area (Å²) in [6.45, 7) is 7.99. The second kappa shape index (κ2) is 8.38. The first kappa shape index (κ1) is 18.2. The Bertz CT molecular complexity index is 297. The van der Waals surface area contributed by atoms with E-state index in [-0.39, 0.29) is 35.7 Å². The molecule has 0 aromatic rings. The molecular formula is C13H26ClN3O2. The first-order valence-corrected chi connectivity index (χ1v) is 6.68. The predicted octanol–water partition coefficient (Wildman–Crippen LogP) is 0.829. The van der Waals surface area contributed by atoms with Gasteiger partial charge in [-0.15, -0.1) is 12.4 Å². The summed E-state index contributed by atoms with van der Waals surface area (Å²) >= 11 is 0. The molecule has 6 heteroatoms. The van der Waals surface area contributed by atoms with Crippen molar-refractivity contribution in [2.24, 2.45) is 5.92 Å². The molecule has 1 fully saturated rings. The Morgan fingerprint density at radius 1 is 1.32 bits per heavy atom. The van der Waals surface area contributed by atoms with Crippen LogP contribution in [0.5, 0.6) is 0 Å². The van der Waals surface area contributed by atoms with Crippen molar-refractivity contribution >= 4 is 24.2 Å². The Morgan fingerprint density at radius 3 is 2.53 bits per heavy atom. The van der Waals surface area contributed by atoms with Gasteiger partial charge in [0.2, 0.25) is 11.8 Å². The van der Waals surface area contributed by atoms with Crippen molar-refractivity contribution in [2.75, 3.05) is 19.6 Å². The molecule has 1 rings (SSSR count). The maximum Gasteiger partial charge on any atom is 0.224 e. The lowest BCUT2D eigenvalue weighted by Crippen LogP contribution is -2.44. The Hall–Kier alpha value is -0.810. The Morgan fingerprint density at radius 2 is 2.00 bits per heavy atom. The number of nitrogens with one attached hydrogen (secondary N) is 3. The molecule has 0 aliphatic carbocycles. The predicted molar refractivity (Wildman–Crippen MR) is 78.4 cm³/mol. The van der Waals surface area contributed by atoms with E-state index >= 15 is 0 Å². The maximum absolute atomic E-state index is 11.8. The number of hydrogen-bond acceptors (Lipinski definition) is 3. The third-order valence-electron chi connectivity index (χ3n) is 2.83. The second-order valence-electron chi connectivity index (χ2n) is 5.88. The van der Waals surface area contributed by atoms with Gasteiger partial charge in [-0.3, -0.25) is 9.59 Å². The number of carbonyl (C=O) groups excluding carboxylic acids is 2. The van der Waals surface area contributed by atoms with E-state index in [2.05, 4.69) is 16.0 Å². The minimum atomic E-state index is -0.214. The minimum absolute atomic E-state index is 0. The molecule has 0 spiro atoms. The molecule has 2 amide bonds. The molecule has 5 nitrogen and oxygen atoms in total. The fourth-order valence-electron chi connectivity index (χ4n) is 2.00. The van der Waals surface area contributed by atoms with Crippen LogP contribution in [0.4, 0.5) is 0 Å². The molecule has 1 aliphatic heterocycles. The number of halogens is 1. The largest absolute Gasteiger partial charge is 0.355 e. The normalized spacial score (nSPS) is 19.2. The molecule has 0 aromatic heterocycles. The smallest absolute Gasteiger partial charge is 0.224 e. The van der Waals surface area contributed by atoms with Crippen LogP contribution in [0.2, 0.25) is 0 Å². The van der Waals surface area contributed by atoms with Crippen molar-refractivity contribution in [3.63, 3.8) is 0 Å².